The van der Waals surface area contributed by atoms with Crippen LogP contribution in [0.5, 0.6) is 0 Å². The summed E-state index contributed by atoms with van der Waals surface area (Å²) >= 11 is 0. The molecule has 0 N–H and O–H groups in total. The first-order chi connectivity index (χ1) is 13.8. The van der Waals surface area contributed by atoms with Crippen LogP contribution in [-0.2, 0) is 16.0 Å². The van der Waals surface area contributed by atoms with Gasteiger partial charge >= 0.3 is 27.3 Å². The number of benzene rings is 4. The van der Waals surface area contributed by atoms with Crippen molar-refractivity contribution in [1.82, 2.24) is 0 Å². The fraction of sp³-hybridized carbons (Fsp3) is 0.200. The van der Waals surface area contributed by atoms with Crippen molar-refractivity contribution >= 4 is 71.6 Å². The minimum Gasteiger partial charge on any atom is -0.550 e. The van der Waals surface area contributed by atoms with Gasteiger partial charge in [0.15, 0.2) is 0 Å². The van der Waals surface area contributed by atoms with Crippen LogP contribution in [0.1, 0.15) is 37.8 Å². The van der Waals surface area contributed by atoms with Crippen LogP contribution < -0.4 is 10.2 Å². The number of aliphatic carboxylic acids is 2. The van der Waals surface area contributed by atoms with Crippen molar-refractivity contribution in [2.24, 2.45) is 0 Å². The molecule has 4 nitrogen and oxygen atoms in total. The molecule has 0 spiro atoms. The number of carbonyl (C=O) groups is 2. The van der Waals surface area contributed by atoms with Gasteiger partial charge in [0.1, 0.15) is 0 Å². The predicted molar refractivity (Wildman–Crippen MR) is 118 cm³/mol. The molecule has 5 heteroatoms. The van der Waals surface area contributed by atoms with E-state index in [0.29, 0.717) is 5.92 Å². The summed E-state index contributed by atoms with van der Waals surface area (Å²) in [5.74, 6) is -1.55. The van der Waals surface area contributed by atoms with Crippen molar-refractivity contribution in [3.63, 3.8) is 0 Å². The monoisotopic (exact) mass is 594 g/mol. The molecule has 0 bridgehead atoms. The Morgan fingerprint density at radius 2 is 1.40 bits per heavy atom. The first-order valence-corrected chi connectivity index (χ1v) is 9.50. The molecule has 1 aliphatic carbocycles. The van der Waals surface area contributed by atoms with Crippen molar-refractivity contribution in [3.05, 3.63) is 71.8 Å². The number of carboxylic acid groups (broad SMARTS) is 2. The minimum absolute atomic E-state index is 0. The Morgan fingerprint density at radius 1 is 0.800 bits per heavy atom. The average Bonchev–Trinajstić information content (AvgIpc) is 2.99. The Kier molecular flexibility index (Phi) is 7.95. The molecule has 0 fully saturated rings. The Balaban J connectivity index is 0.000000311. The number of carboxylic acids is 2. The van der Waals surface area contributed by atoms with Gasteiger partial charge in [-0.1, -0.05) is 61.5 Å². The fourth-order valence-electron chi connectivity index (χ4n) is 4.16. The van der Waals surface area contributed by atoms with Gasteiger partial charge in [0.05, 0.1) is 0 Å². The van der Waals surface area contributed by atoms with Gasteiger partial charge < -0.3 is 19.8 Å². The van der Waals surface area contributed by atoms with E-state index in [1.807, 2.05) is 0 Å². The molecule has 0 aromatic heterocycles. The van der Waals surface area contributed by atoms with E-state index >= 15 is 0 Å². The summed E-state index contributed by atoms with van der Waals surface area (Å²) in [4.78, 5) is 17.8. The van der Waals surface area contributed by atoms with Crippen LogP contribution in [0.2, 0.25) is 0 Å². The third-order valence-corrected chi connectivity index (χ3v) is 5.03. The number of hydrogen-bond donors (Lipinski definition) is 0. The van der Waals surface area contributed by atoms with Gasteiger partial charge in [-0.15, -0.1) is 0 Å². The summed E-state index contributed by atoms with van der Waals surface area (Å²) < 4.78 is 0. The zero-order valence-electron chi connectivity index (χ0n) is 17.2. The summed E-state index contributed by atoms with van der Waals surface area (Å²) in [5.41, 5.74) is 3.08. The predicted octanol–water partition coefficient (Wildman–Crippen LogP) is 2.94. The molecule has 0 aliphatic heterocycles. The van der Waals surface area contributed by atoms with E-state index in [-0.39, 0.29) is 27.3 Å². The quantitative estimate of drug-likeness (QED) is 0.179. The molecule has 30 heavy (non-hydrogen) atoms. The molecule has 5 rings (SSSR count). The van der Waals surface area contributed by atoms with Gasteiger partial charge in [-0.05, 0) is 75.7 Å². The van der Waals surface area contributed by atoms with Gasteiger partial charge in [0, 0.05) is 11.9 Å². The molecular weight excluding hydrogens is 571 g/mol. The summed E-state index contributed by atoms with van der Waals surface area (Å²) in [6, 6.07) is 22.5. The molecule has 1 atom stereocenters. The molecule has 0 saturated heterocycles. The topological polar surface area (TPSA) is 80.3 Å². The van der Waals surface area contributed by atoms with E-state index in [9.17, 15) is 0 Å². The van der Waals surface area contributed by atoms with Crippen molar-refractivity contribution in [2.45, 2.75) is 33.1 Å². The van der Waals surface area contributed by atoms with Gasteiger partial charge in [-0.3, -0.25) is 0 Å². The van der Waals surface area contributed by atoms with E-state index in [2.05, 4.69) is 67.6 Å². The first-order valence-electron chi connectivity index (χ1n) is 9.50. The van der Waals surface area contributed by atoms with E-state index in [0.717, 1.165) is 13.8 Å². The minimum atomic E-state index is -1.08. The van der Waals surface area contributed by atoms with E-state index in [1.54, 1.807) is 5.56 Å². The second-order valence-corrected chi connectivity index (χ2v) is 7.28. The Labute approximate surface area is 195 Å². The second kappa shape index (κ2) is 10.0. The number of hydrogen-bond acceptors (Lipinski definition) is 4. The van der Waals surface area contributed by atoms with Crippen LogP contribution in [-0.4, -0.2) is 39.2 Å². The Bertz CT molecular complexity index is 1210. The molecule has 0 amide bonds. The summed E-state index contributed by atoms with van der Waals surface area (Å²) in [6.07, 6.45) is 1.18. The normalized spacial score (nSPS) is 13.6. The van der Waals surface area contributed by atoms with E-state index in [1.165, 1.54) is 44.3 Å². The average molecular weight is 594 g/mol. The maximum Gasteiger partial charge on any atom is 2.00 e. The Morgan fingerprint density at radius 3 is 2.07 bits per heavy atom. The standard InChI is InChI=1S/C21H16.2C2H4O2.Pb/c1-13-11-15-6-4-7-16-12-19-17-8-3-2-5-14(17)9-10-18(19)20(13)21(15)16;2*1-2(3)4;/h2-10,12-13H,11H2,1H3;2*1H3,(H,3,4);/q;;;+2/p-2. The van der Waals surface area contributed by atoms with E-state index < -0.39 is 11.9 Å². The first kappa shape index (κ1) is 23.8. The second-order valence-electron chi connectivity index (χ2n) is 7.28. The molecule has 4 aromatic carbocycles. The molecule has 150 valence electrons. The number of fused-ring (bicyclic) bond motifs is 4. The van der Waals surface area contributed by atoms with Crippen molar-refractivity contribution in [2.75, 3.05) is 0 Å². The van der Waals surface area contributed by atoms with Gasteiger partial charge in [-0.2, -0.15) is 0 Å². The molecule has 0 heterocycles. The van der Waals surface area contributed by atoms with Crippen molar-refractivity contribution in [3.8, 4) is 0 Å². The zero-order valence-corrected chi connectivity index (χ0v) is 21.1. The maximum atomic E-state index is 8.89. The van der Waals surface area contributed by atoms with Crippen LogP contribution >= 0.6 is 0 Å². The van der Waals surface area contributed by atoms with E-state index in [4.69, 9.17) is 19.8 Å². The van der Waals surface area contributed by atoms with Gasteiger partial charge in [-0.25, -0.2) is 0 Å². The largest absolute Gasteiger partial charge is 2.00 e. The number of rotatable bonds is 0. The van der Waals surface area contributed by atoms with Crippen LogP contribution in [0.25, 0.3) is 32.3 Å². The molecule has 1 unspecified atom stereocenters. The SMILES string of the molecule is CC(=O)[O-].CC(=O)[O-].CC1Cc2cccc3cc4c(ccc5ccccc54)c1c23.[Pb+2]. The smallest absolute Gasteiger partial charge is 0.550 e. The summed E-state index contributed by atoms with van der Waals surface area (Å²) in [7, 11) is 0. The Hall–Kier alpha value is -2.48. The van der Waals surface area contributed by atoms with Crippen LogP contribution in [0.3, 0.4) is 0 Å². The summed E-state index contributed by atoms with van der Waals surface area (Å²) in [5, 5.41) is 26.2. The van der Waals surface area contributed by atoms with Crippen LogP contribution in [0, 0.1) is 0 Å². The van der Waals surface area contributed by atoms with Crippen molar-refractivity contribution in [1.29, 1.82) is 0 Å². The zero-order chi connectivity index (χ0) is 21.1. The van der Waals surface area contributed by atoms with Crippen LogP contribution in [0.4, 0.5) is 0 Å². The van der Waals surface area contributed by atoms with Crippen LogP contribution in [0.15, 0.2) is 60.7 Å². The van der Waals surface area contributed by atoms with Gasteiger partial charge in [0.2, 0.25) is 0 Å². The molecule has 2 radical (unpaired) electrons. The molecule has 4 aromatic rings. The number of carbonyl (C=O) groups excluding carboxylic acids is 2. The third-order valence-electron chi connectivity index (χ3n) is 5.03. The molecule has 0 saturated carbocycles. The fourth-order valence-corrected chi connectivity index (χ4v) is 4.16. The summed E-state index contributed by atoms with van der Waals surface area (Å²) in [6.45, 7) is 4.31. The van der Waals surface area contributed by atoms with Gasteiger partial charge in [0.25, 0.3) is 0 Å². The third kappa shape index (κ3) is 4.98. The van der Waals surface area contributed by atoms with Crippen molar-refractivity contribution < 1.29 is 19.8 Å². The molecule has 1 aliphatic rings. The molecular formula is C25H22O4Pb. The maximum absolute atomic E-state index is 8.89.